The van der Waals surface area contributed by atoms with Crippen LogP contribution in [0.5, 0.6) is 5.75 Å². The third-order valence-corrected chi connectivity index (χ3v) is 8.43. The number of rotatable bonds is 8. The van der Waals surface area contributed by atoms with Gasteiger partial charge in [-0.15, -0.1) is 11.3 Å². The van der Waals surface area contributed by atoms with Crippen molar-refractivity contribution in [2.75, 3.05) is 26.2 Å². The van der Waals surface area contributed by atoms with Gasteiger partial charge in [0.25, 0.3) is 5.91 Å². The lowest BCUT2D eigenvalue weighted by atomic mass is 9.63. The molecule has 1 aliphatic carbocycles. The zero-order valence-electron chi connectivity index (χ0n) is 20.7. The number of benzene rings is 1. The maximum atomic E-state index is 12.9. The quantitative estimate of drug-likeness (QED) is 0.475. The third-order valence-electron chi connectivity index (χ3n) is 6.67. The molecule has 0 saturated heterocycles. The molecule has 1 unspecified atom stereocenters. The van der Waals surface area contributed by atoms with Crippen LogP contribution in [0.4, 0.5) is 0 Å². The molecule has 2 aromatic rings. The highest BCUT2D eigenvalue weighted by Crippen LogP contribution is 2.49. The Kier molecular flexibility index (Phi) is 7.84. The van der Waals surface area contributed by atoms with Gasteiger partial charge in [-0.05, 0) is 77.5 Å². The van der Waals surface area contributed by atoms with Crippen molar-refractivity contribution in [1.82, 2.24) is 5.32 Å². The highest BCUT2D eigenvalue weighted by Gasteiger charge is 2.38. The van der Waals surface area contributed by atoms with E-state index < -0.39 is 12.0 Å². The van der Waals surface area contributed by atoms with Gasteiger partial charge >= 0.3 is 5.97 Å². The van der Waals surface area contributed by atoms with Crippen molar-refractivity contribution in [3.05, 3.63) is 40.3 Å². The van der Waals surface area contributed by atoms with Crippen LogP contribution in [0, 0.1) is 0 Å². The number of nitrogens with one attached hydrogen (secondary N) is 1. The van der Waals surface area contributed by atoms with E-state index in [1.54, 1.807) is 18.9 Å². The Labute approximate surface area is 205 Å². The van der Waals surface area contributed by atoms with Crippen molar-refractivity contribution < 1.29 is 19.1 Å². The molecule has 0 radical (unpaired) electrons. The second-order valence-electron chi connectivity index (χ2n) is 9.86. The van der Waals surface area contributed by atoms with E-state index >= 15 is 0 Å². The number of hydrogen-bond acceptors (Lipinski definition) is 6. The summed E-state index contributed by atoms with van der Waals surface area (Å²) in [5.41, 5.74) is 3.85. The SMILES string of the molecule is COC(=O)C(CCSC)NC(=O)c1ccc(-c2cc3c(cc2OC)C(C)(C)CCC3(C)C)s1. The van der Waals surface area contributed by atoms with Crippen LogP contribution in [0.2, 0.25) is 0 Å². The molecule has 0 saturated carbocycles. The van der Waals surface area contributed by atoms with Gasteiger partial charge in [-0.3, -0.25) is 4.79 Å². The molecule has 1 N–H and O–H groups in total. The molecule has 0 bridgehead atoms. The first kappa shape index (κ1) is 25.6. The smallest absolute Gasteiger partial charge is 0.328 e. The monoisotopic (exact) mass is 489 g/mol. The molecule has 1 aliphatic rings. The van der Waals surface area contributed by atoms with E-state index in [0.29, 0.717) is 11.3 Å². The summed E-state index contributed by atoms with van der Waals surface area (Å²) in [5.74, 6) is 0.894. The average molecular weight is 490 g/mol. The molecule has 0 aliphatic heterocycles. The number of ether oxygens (including phenoxy) is 2. The number of hydrogen-bond donors (Lipinski definition) is 1. The van der Waals surface area contributed by atoms with Crippen molar-refractivity contribution >= 4 is 35.0 Å². The van der Waals surface area contributed by atoms with Crippen LogP contribution in [-0.2, 0) is 20.4 Å². The Bertz CT molecular complexity index is 1030. The number of methoxy groups -OCH3 is 2. The minimum absolute atomic E-state index is 0.0777. The molecule has 1 aromatic carbocycles. The summed E-state index contributed by atoms with van der Waals surface area (Å²) in [7, 11) is 3.04. The summed E-state index contributed by atoms with van der Waals surface area (Å²) in [5, 5.41) is 2.84. The lowest BCUT2D eigenvalue weighted by molar-refractivity contribution is -0.142. The number of amides is 1. The molecule has 1 amide bonds. The highest BCUT2D eigenvalue weighted by molar-refractivity contribution is 7.98. The summed E-state index contributed by atoms with van der Waals surface area (Å²) in [6.07, 6.45) is 4.76. The fourth-order valence-electron chi connectivity index (χ4n) is 4.42. The molecule has 1 heterocycles. The van der Waals surface area contributed by atoms with Crippen LogP contribution in [-0.4, -0.2) is 44.1 Å². The summed E-state index contributed by atoms with van der Waals surface area (Å²) >= 11 is 3.04. The lowest BCUT2D eigenvalue weighted by Crippen LogP contribution is -2.41. The van der Waals surface area contributed by atoms with Crippen LogP contribution in [0.3, 0.4) is 0 Å². The zero-order chi connectivity index (χ0) is 24.4. The van der Waals surface area contributed by atoms with Gasteiger partial charge in [0.2, 0.25) is 0 Å². The molecular weight excluding hydrogens is 454 g/mol. The van der Waals surface area contributed by atoms with Gasteiger partial charge in [0.05, 0.1) is 19.1 Å². The fraction of sp³-hybridized carbons (Fsp3) is 0.538. The van der Waals surface area contributed by atoms with E-state index in [1.807, 2.05) is 18.4 Å². The first-order chi connectivity index (χ1) is 15.5. The topological polar surface area (TPSA) is 64.6 Å². The van der Waals surface area contributed by atoms with Gasteiger partial charge < -0.3 is 14.8 Å². The maximum Gasteiger partial charge on any atom is 0.328 e. The average Bonchev–Trinajstić information content (AvgIpc) is 3.28. The number of thioether (sulfide) groups is 1. The Morgan fingerprint density at radius 1 is 1.09 bits per heavy atom. The lowest BCUT2D eigenvalue weighted by Gasteiger charge is -2.42. The Morgan fingerprint density at radius 3 is 2.30 bits per heavy atom. The second-order valence-corrected chi connectivity index (χ2v) is 11.9. The van der Waals surface area contributed by atoms with Gasteiger partial charge in [0, 0.05) is 10.4 Å². The zero-order valence-corrected chi connectivity index (χ0v) is 22.3. The largest absolute Gasteiger partial charge is 0.496 e. The van der Waals surface area contributed by atoms with Crippen molar-refractivity contribution in [3.8, 4) is 16.2 Å². The van der Waals surface area contributed by atoms with Crippen molar-refractivity contribution in [3.63, 3.8) is 0 Å². The van der Waals surface area contributed by atoms with Crippen LogP contribution >= 0.6 is 23.1 Å². The minimum atomic E-state index is -0.651. The van der Waals surface area contributed by atoms with Crippen LogP contribution in [0.25, 0.3) is 10.4 Å². The molecule has 3 rings (SSSR count). The van der Waals surface area contributed by atoms with Crippen molar-refractivity contribution in [2.24, 2.45) is 0 Å². The molecule has 0 spiro atoms. The van der Waals surface area contributed by atoms with Gasteiger partial charge in [-0.2, -0.15) is 11.8 Å². The molecular formula is C26H35NO4S2. The second kappa shape index (κ2) is 10.1. The molecule has 7 heteroatoms. The van der Waals surface area contributed by atoms with E-state index in [0.717, 1.165) is 34.8 Å². The normalized spacial score (nSPS) is 17.1. The van der Waals surface area contributed by atoms with E-state index in [-0.39, 0.29) is 16.7 Å². The molecule has 1 aromatic heterocycles. The summed E-state index contributed by atoms with van der Waals surface area (Å²) in [6.45, 7) is 9.18. The number of fused-ring (bicyclic) bond motifs is 1. The van der Waals surface area contributed by atoms with Gasteiger partial charge in [0.15, 0.2) is 0 Å². The van der Waals surface area contributed by atoms with E-state index in [9.17, 15) is 9.59 Å². The first-order valence-corrected chi connectivity index (χ1v) is 13.5. The van der Waals surface area contributed by atoms with E-state index in [1.165, 1.54) is 29.6 Å². The van der Waals surface area contributed by atoms with Crippen LogP contribution < -0.4 is 10.1 Å². The number of carbonyl (C=O) groups is 2. The first-order valence-electron chi connectivity index (χ1n) is 11.2. The standard InChI is InChI=1S/C26H35NO4S2/c1-25(2)11-12-26(3,4)18-15-20(30-5)16(14-17(18)25)21-8-9-22(33-21)23(28)27-19(10-13-32-7)24(29)31-6/h8-9,14-15,19H,10-13H2,1-7H3,(H,27,28). The van der Waals surface area contributed by atoms with Crippen LogP contribution in [0.15, 0.2) is 24.3 Å². The predicted molar refractivity (Wildman–Crippen MR) is 138 cm³/mol. The van der Waals surface area contributed by atoms with Crippen molar-refractivity contribution in [1.29, 1.82) is 0 Å². The fourth-order valence-corrected chi connectivity index (χ4v) is 5.82. The van der Waals surface area contributed by atoms with Gasteiger partial charge in [-0.25, -0.2) is 4.79 Å². The molecule has 1 atom stereocenters. The number of esters is 1. The number of carbonyl (C=O) groups excluding carboxylic acids is 2. The van der Waals surface area contributed by atoms with E-state index in [4.69, 9.17) is 9.47 Å². The predicted octanol–water partition coefficient (Wildman–Crippen LogP) is 5.80. The Balaban J connectivity index is 1.94. The maximum absolute atomic E-state index is 12.9. The summed E-state index contributed by atoms with van der Waals surface area (Å²) in [6, 6.07) is 7.55. The van der Waals surface area contributed by atoms with Crippen LogP contribution in [0.1, 0.15) is 67.8 Å². The molecule has 0 fully saturated rings. The highest BCUT2D eigenvalue weighted by atomic mass is 32.2. The molecule has 180 valence electrons. The Hall–Kier alpha value is -1.99. The van der Waals surface area contributed by atoms with Gasteiger partial charge in [-0.1, -0.05) is 27.7 Å². The third kappa shape index (κ3) is 5.40. The van der Waals surface area contributed by atoms with E-state index in [2.05, 4.69) is 45.1 Å². The summed E-state index contributed by atoms with van der Waals surface area (Å²) in [4.78, 5) is 26.5. The number of thiophene rings is 1. The minimum Gasteiger partial charge on any atom is -0.496 e. The van der Waals surface area contributed by atoms with Crippen molar-refractivity contribution in [2.45, 2.75) is 63.8 Å². The summed E-state index contributed by atoms with van der Waals surface area (Å²) < 4.78 is 10.7. The Morgan fingerprint density at radius 2 is 1.73 bits per heavy atom. The molecule has 5 nitrogen and oxygen atoms in total. The molecule has 33 heavy (non-hydrogen) atoms. The van der Waals surface area contributed by atoms with Gasteiger partial charge in [0.1, 0.15) is 11.8 Å².